The van der Waals surface area contributed by atoms with E-state index in [1.54, 1.807) is 18.3 Å². The lowest BCUT2D eigenvalue weighted by molar-refractivity contribution is 0.627. The fourth-order valence-electron chi connectivity index (χ4n) is 1.72. The second kappa shape index (κ2) is 5.60. The van der Waals surface area contributed by atoms with E-state index in [0.29, 0.717) is 13.1 Å². The number of hydrogen-bond donors (Lipinski definition) is 1. The molecular formula is C14H16FN3. The van der Waals surface area contributed by atoms with Gasteiger partial charge < -0.3 is 10.6 Å². The van der Waals surface area contributed by atoms with E-state index >= 15 is 0 Å². The molecule has 2 N–H and O–H groups in total. The van der Waals surface area contributed by atoms with Gasteiger partial charge in [-0.1, -0.05) is 12.1 Å². The van der Waals surface area contributed by atoms with Gasteiger partial charge in [0.05, 0.1) is 17.6 Å². The van der Waals surface area contributed by atoms with Gasteiger partial charge in [-0.15, -0.1) is 0 Å². The molecule has 94 valence electrons. The normalized spacial score (nSPS) is 10.4. The van der Waals surface area contributed by atoms with E-state index in [-0.39, 0.29) is 5.82 Å². The van der Waals surface area contributed by atoms with Crippen LogP contribution in [-0.4, -0.2) is 12.0 Å². The van der Waals surface area contributed by atoms with Gasteiger partial charge in [-0.3, -0.25) is 4.98 Å². The number of benzene rings is 1. The molecule has 1 aromatic carbocycles. The molecule has 0 atom stereocenters. The molecule has 0 amide bonds. The smallest absolute Gasteiger partial charge is 0.123 e. The first-order valence-corrected chi connectivity index (χ1v) is 5.79. The molecule has 0 aliphatic carbocycles. The summed E-state index contributed by atoms with van der Waals surface area (Å²) >= 11 is 0. The molecule has 0 radical (unpaired) electrons. The molecule has 0 fully saturated rings. The average molecular weight is 245 g/mol. The first-order chi connectivity index (χ1) is 8.69. The number of pyridine rings is 1. The summed E-state index contributed by atoms with van der Waals surface area (Å²) in [4.78, 5) is 6.30. The number of aromatic nitrogens is 1. The van der Waals surface area contributed by atoms with E-state index < -0.39 is 0 Å². The predicted octanol–water partition coefficient (Wildman–Crippen LogP) is 2.32. The highest BCUT2D eigenvalue weighted by Crippen LogP contribution is 2.14. The molecule has 0 aliphatic rings. The van der Waals surface area contributed by atoms with Crippen LogP contribution in [0.25, 0.3) is 0 Å². The number of anilines is 1. The Morgan fingerprint density at radius 1 is 1.17 bits per heavy atom. The summed E-state index contributed by atoms with van der Waals surface area (Å²) in [5.74, 6) is -0.213. The molecule has 2 aromatic rings. The Kier molecular flexibility index (Phi) is 3.89. The molecule has 1 heterocycles. The summed E-state index contributed by atoms with van der Waals surface area (Å²) in [6.07, 6.45) is 1.80. The Hall–Kier alpha value is -1.94. The quantitative estimate of drug-likeness (QED) is 0.898. The number of hydrogen-bond acceptors (Lipinski definition) is 3. The largest absolute Gasteiger partial charge is 0.369 e. The van der Waals surface area contributed by atoms with Gasteiger partial charge in [0.1, 0.15) is 5.82 Å². The summed E-state index contributed by atoms with van der Waals surface area (Å²) < 4.78 is 12.8. The van der Waals surface area contributed by atoms with Crippen LogP contribution in [-0.2, 0) is 13.1 Å². The average Bonchev–Trinajstić information content (AvgIpc) is 2.41. The summed E-state index contributed by atoms with van der Waals surface area (Å²) in [7, 11) is 1.97. The fourth-order valence-corrected chi connectivity index (χ4v) is 1.72. The molecule has 0 aliphatic heterocycles. The monoisotopic (exact) mass is 245 g/mol. The molecule has 0 saturated carbocycles. The van der Waals surface area contributed by atoms with Crippen LogP contribution in [0.4, 0.5) is 10.1 Å². The van der Waals surface area contributed by atoms with E-state index in [1.165, 1.54) is 12.1 Å². The van der Waals surface area contributed by atoms with Gasteiger partial charge in [0.2, 0.25) is 0 Å². The van der Waals surface area contributed by atoms with Crippen LogP contribution < -0.4 is 10.6 Å². The first-order valence-electron chi connectivity index (χ1n) is 5.79. The molecule has 0 bridgehead atoms. The Bertz CT molecular complexity index is 493. The molecule has 0 unspecified atom stereocenters. The SMILES string of the molecule is CN(Cc1ccc(F)cc1)c1ccc(CN)nc1. The third kappa shape index (κ3) is 3.05. The molecule has 18 heavy (non-hydrogen) atoms. The van der Waals surface area contributed by atoms with Crippen LogP contribution in [0, 0.1) is 5.82 Å². The Morgan fingerprint density at radius 2 is 1.89 bits per heavy atom. The van der Waals surface area contributed by atoms with Crippen molar-refractivity contribution < 1.29 is 4.39 Å². The molecular weight excluding hydrogens is 229 g/mol. The van der Waals surface area contributed by atoms with Crippen molar-refractivity contribution in [1.82, 2.24) is 4.98 Å². The topological polar surface area (TPSA) is 42.1 Å². The number of nitrogens with two attached hydrogens (primary N) is 1. The Balaban J connectivity index is 2.06. The van der Waals surface area contributed by atoms with Gasteiger partial charge in [0, 0.05) is 20.1 Å². The Morgan fingerprint density at radius 3 is 2.44 bits per heavy atom. The second-order valence-corrected chi connectivity index (χ2v) is 4.19. The molecule has 4 heteroatoms. The highest BCUT2D eigenvalue weighted by Gasteiger charge is 2.03. The van der Waals surface area contributed by atoms with E-state index in [9.17, 15) is 4.39 Å². The van der Waals surface area contributed by atoms with E-state index in [0.717, 1.165) is 16.9 Å². The minimum atomic E-state index is -0.213. The number of nitrogens with zero attached hydrogens (tertiary/aromatic N) is 2. The van der Waals surface area contributed by atoms with Crippen molar-refractivity contribution in [1.29, 1.82) is 0 Å². The summed E-state index contributed by atoms with van der Waals surface area (Å²) in [6.45, 7) is 1.16. The Labute approximate surface area is 106 Å². The van der Waals surface area contributed by atoms with Crippen molar-refractivity contribution >= 4 is 5.69 Å². The van der Waals surface area contributed by atoms with Gasteiger partial charge in [0.15, 0.2) is 0 Å². The maximum atomic E-state index is 12.8. The number of halogens is 1. The summed E-state index contributed by atoms with van der Waals surface area (Å²) in [5.41, 5.74) is 8.44. The maximum absolute atomic E-state index is 12.8. The summed E-state index contributed by atoms with van der Waals surface area (Å²) in [5, 5.41) is 0. The minimum Gasteiger partial charge on any atom is -0.369 e. The van der Waals surface area contributed by atoms with Crippen LogP contribution >= 0.6 is 0 Å². The highest BCUT2D eigenvalue weighted by molar-refractivity contribution is 5.44. The van der Waals surface area contributed by atoms with Gasteiger partial charge >= 0.3 is 0 Å². The third-order valence-electron chi connectivity index (χ3n) is 2.79. The van der Waals surface area contributed by atoms with Crippen molar-refractivity contribution in [3.8, 4) is 0 Å². The lowest BCUT2D eigenvalue weighted by Crippen LogP contribution is -2.16. The van der Waals surface area contributed by atoms with Crippen molar-refractivity contribution in [2.24, 2.45) is 5.73 Å². The van der Waals surface area contributed by atoms with Crippen LogP contribution in [0.5, 0.6) is 0 Å². The van der Waals surface area contributed by atoms with Crippen LogP contribution in [0.3, 0.4) is 0 Å². The molecule has 0 spiro atoms. The molecule has 2 rings (SSSR count). The van der Waals surface area contributed by atoms with Crippen LogP contribution in [0.15, 0.2) is 42.6 Å². The summed E-state index contributed by atoms with van der Waals surface area (Å²) in [6, 6.07) is 10.4. The molecule has 0 saturated heterocycles. The zero-order valence-electron chi connectivity index (χ0n) is 10.3. The highest BCUT2D eigenvalue weighted by atomic mass is 19.1. The van der Waals surface area contributed by atoms with Gasteiger partial charge in [-0.05, 0) is 29.8 Å². The van der Waals surface area contributed by atoms with Crippen LogP contribution in [0.1, 0.15) is 11.3 Å². The number of rotatable bonds is 4. The zero-order chi connectivity index (χ0) is 13.0. The van der Waals surface area contributed by atoms with Crippen LogP contribution in [0.2, 0.25) is 0 Å². The van der Waals surface area contributed by atoms with Gasteiger partial charge in [-0.25, -0.2) is 4.39 Å². The van der Waals surface area contributed by atoms with E-state index in [2.05, 4.69) is 9.88 Å². The van der Waals surface area contributed by atoms with E-state index in [4.69, 9.17) is 5.73 Å². The van der Waals surface area contributed by atoms with Crippen molar-refractivity contribution in [2.75, 3.05) is 11.9 Å². The van der Waals surface area contributed by atoms with Crippen molar-refractivity contribution in [3.05, 3.63) is 59.7 Å². The standard InChI is InChI=1S/C14H16FN3/c1-18(10-11-2-4-12(15)5-3-11)14-7-6-13(8-16)17-9-14/h2-7,9H,8,10,16H2,1H3. The van der Waals surface area contributed by atoms with Gasteiger partial charge in [-0.2, -0.15) is 0 Å². The first kappa shape index (κ1) is 12.5. The van der Waals surface area contributed by atoms with Crippen molar-refractivity contribution in [2.45, 2.75) is 13.1 Å². The lowest BCUT2D eigenvalue weighted by atomic mass is 10.2. The molecule has 1 aromatic heterocycles. The second-order valence-electron chi connectivity index (χ2n) is 4.19. The lowest BCUT2D eigenvalue weighted by Gasteiger charge is -2.19. The maximum Gasteiger partial charge on any atom is 0.123 e. The zero-order valence-corrected chi connectivity index (χ0v) is 10.3. The van der Waals surface area contributed by atoms with Crippen molar-refractivity contribution in [3.63, 3.8) is 0 Å². The fraction of sp³-hybridized carbons (Fsp3) is 0.214. The van der Waals surface area contributed by atoms with E-state index in [1.807, 2.05) is 19.2 Å². The predicted molar refractivity (Wildman–Crippen MR) is 70.6 cm³/mol. The third-order valence-corrected chi connectivity index (χ3v) is 2.79. The van der Waals surface area contributed by atoms with Gasteiger partial charge in [0.25, 0.3) is 0 Å². The minimum absolute atomic E-state index is 0.213. The molecule has 3 nitrogen and oxygen atoms in total.